The number of rotatable bonds is 7. The number of benzene rings is 1. The van der Waals surface area contributed by atoms with Crippen LogP contribution in [0.25, 0.3) is 0 Å². The summed E-state index contributed by atoms with van der Waals surface area (Å²) in [5.74, 6) is 0.218. The highest BCUT2D eigenvalue weighted by Gasteiger charge is 2.33. The smallest absolute Gasteiger partial charge is 0.243 e. The highest BCUT2D eigenvalue weighted by atomic mass is 35.5. The van der Waals surface area contributed by atoms with Crippen molar-refractivity contribution in [2.45, 2.75) is 43.5 Å². The molecule has 1 aliphatic carbocycles. The lowest BCUT2D eigenvalue weighted by molar-refractivity contribution is -0.126. The molecule has 1 aromatic rings. The van der Waals surface area contributed by atoms with E-state index in [0.717, 1.165) is 12.8 Å². The monoisotopic (exact) mass is 429 g/mol. The molecule has 1 heterocycles. The first-order chi connectivity index (χ1) is 12.8. The predicted octanol–water partition coefficient (Wildman–Crippen LogP) is 1.57. The summed E-state index contributed by atoms with van der Waals surface area (Å²) in [5.41, 5.74) is 6.49. The Hall–Kier alpha value is -1.48. The molecular weight excluding hydrogens is 402 g/mol. The molecule has 0 bridgehead atoms. The standard InChI is InChI=1S/C19H27N3O4S.ClH/c1-13(23)14-4-6-17(7-5-14)27(25,26)22-10-8-16(9-11-22)19(24)21-12-18(20)15-2-3-15;/h4-7,15-16,18H,2-3,8-12,20H2,1H3,(H,21,24);1H. The fourth-order valence-corrected chi connectivity index (χ4v) is 4.89. The largest absolute Gasteiger partial charge is 0.354 e. The summed E-state index contributed by atoms with van der Waals surface area (Å²) in [6, 6.07) is 6.00. The van der Waals surface area contributed by atoms with Gasteiger partial charge in [0.2, 0.25) is 15.9 Å². The molecule has 1 unspecified atom stereocenters. The lowest BCUT2D eigenvalue weighted by atomic mass is 9.97. The number of amides is 1. The van der Waals surface area contributed by atoms with Crippen molar-refractivity contribution in [2.24, 2.45) is 17.6 Å². The van der Waals surface area contributed by atoms with Crippen LogP contribution in [0, 0.1) is 11.8 Å². The Balaban J connectivity index is 0.00000280. The van der Waals surface area contributed by atoms with Crippen molar-refractivity contribution in [3.63, 3.8) is 0 Å². The molecule has 0 aromatic heterocycles. The van der Waals surface area contributed by atoms with E-state index in [-0.39, 0.29) is 41.0 Å². The Morgan fingerprint density at radius 3 is 2.21 bits per heavy atom. The van der Waals surface area contributed by atoms with Crippen LogP contribution in [0.3, 0.4) is 0 Å². The molecule has 1 atom stereocenters. The third-order valence-electron chi connectivity index (χ3n) is 5.46. The lowest BCUT2D eigenvalue weighted by Crippen LogP contribution is -2.45. The van der Waals surface area contributed by atoms with Crippen molar-refractivity contribution in [1.82, 2.24) is 9.62 Å². The number of carbonyl (C=O) groups excluding carboxylic acids is 2. The first-order valence-corrected chi connectivity index (χ1v) is 10.9. The predicted molar refractivity (Wildman–Crippen MR) is 109 cm³/mol. The number of halogens is 1. The summed E-state index contributed by atoms with van der Waals surface area (Å²) < 4.78 is 26.9. The molecule has 3 N–H and O–H groups in total. The molecule has 7 nitrogen and oxygen atoms in total. The molecule has 2 aliphatic rings. The number of ketones is 1. The van der Waals surface area contributed by atoms with Crippen LogP contribution < -0.4 is 11.1 Å². The topological polar surface area (TPSA) is 110 Å². The minimum atomic E-state index is -3.61. The van der Waals surface area contributed by atoms with E-state index in [0.29, 0.717) is 44.0 Å². The number of carbonyl (C=O) groups is 2. The first kappa shape index (κ1) is 22.8. The number of nitrogens with one attached hydrogen (secondary N) is 1. The molecule has 1 aromatic carbocycles. The highest BCUT2D eigenvalue weighted by molar-refractivity contribution is 7.89. The second kappa shape index (κ2) is 9.35. The zero-order chi connectivity index (χ0) is 19.6. The molecular formula is C19H28ClN3O4S. The number of sulfonamides is 1. The zero-order valence-corrected chi connectivity index (χ0v) is 17.6. The number of nitrogens with zero attached hydrogens (tertiary/aromatic N) is 1. The van der Waals surface area contributed by atoms with Gasteiger partial charge in [-0.15, -0.1) is 12.4 Å². The van der Waals surface area contributed by atoms with Gasteiger partial charge in [0.25, 0.3) is 0 Å². The van der Waals surface area contributed by atoms with E-state index < -0.39 is 10.0 Å². The van der Waals surface area contributed by atoms with Gasteiger partial charge in [0.05, 0.1) is 4.90 Å². The first-order valence-electron chi connectivity index (χ1n) is 9.43. The van der Waals surface area contributed by atoms with Crippen LogP contribution in [-0.4, -0.2) is 50.1 Å². The summed E-state index contributed by atoms with van der Waals surface area (Å²) in [6.07, 6.45) is 3.27. The molecule has 0 radical (unpaired) electrons. The fourth-order valence-electron chi connectivity index (χ4n) is 3.42. The van der Waals surface area contributed by atoms with Gasteiger partial charge >= 0.3 is 0 Å². The summed E-state index contributed by atoms with van der Waals surface area (Å²) >= 11 is 0. The summed E-state index contributed by atoms with van der Waals surface area (Å²) in [4.78, 5) is 23.8. The maximum absolute atomic E-state index is 12.8. The average molecular weight is 430 g/mol. The molecule has 1 saturated carbocycles. The van der Waals surface area contributed by atoms with E-state index in [1.54, 1.807) is 0 Å². The van der Waals surface area contributed by atoms with Gasteiger partial charge in [-0.3, -0.25) is 9.59 Å². The third-order valence-corrected chi connectivity index (χ3v) is 7.38. The SMILES string of the molecule is CC(=O)c1ccc(S(=O)(=O)N2CCC(C(=O)NCC(N)C3CC3)CC2)cc1.Cl. The van der Waals surface area contributed by atoms with Crippen molar-refractivity contribution < 1.29 is 18.0 Å². The number of hydrogen-bond donors (Lipinski definition) is 2. The van der Waals surface area contributed by atoms with Gasteiger partial charge in [0, 0.05) is 37.2 Å². The highest BCUT2D eigenvalue weighted by Crippen LogP contribution is 2.31. The molecule has 1 aliphatic heterocycles. The Bertz CT molecular complexity index is 801. The van der Waals surface area contributed by atoms with Crippen molar-refractivity contribution in [3.8, 4) is 0 Å². The normalized spacial score (nSPS) is 19.5. The van der Waals surface area contributed by atoms with Crippen LogP contribution in [0.2, 0.25) is 0 Å². The Morgan fingerprint density at radius 1 is 1.14 bits per heavy atom. The van der Waals surface area contributed by atoms with Crippen LogP contribution >= 0.6 is 12.4 Å². The van der Waals surface area contributed by atoms with Gasteiger partial charge in [0.15, 0.2) is 5.78 Å². The lowest BCUT2D eigenvalue weighted by Gasteiger charge is -2.30. The quantitative estimate of drug-likeness (QED) is 0.639. The Labute approximate surface area is 172 Å². The molecule has 156 valence electrons. The van der Waals surface area contributed by atoms with Gasteiger partial charge < -0.3 is 11.1 Å². The maximum Gasteiger partial charge on any atom is 0.243 e. The van der Waals surface area contributed by atoms with Crippen molar-refractivity contribution >= 4 is 34.1 Å². The van der Waals surface area contributed by atoms with Crippen LogP contribution in [0.5, 0.6) is 0 Å². The summed E-state index contributed by atoms with van der Waals surface area (Å²) in [6.45, 7) is 2.55. The van der Waals surface area contributed by atoms with Crippen molar-refractivity contribution in [1.29, 1.82) is 0 Å². The van der Waals surface area contributed by atoms with Crippen LogP contribution in [0.15, 0.2) is 29.2 Å². The van der Waals surface area contributed by atoms with E-state index in [2.05, 4.69) is 5.32 Å². The van der Waals surface area contributed by atoms with Crippen LogP contribution in [0.4, 0.5) is 0 Å². The second-order valence-electron chi connectivity index (χ2n) is 7.51. The minimum absolute atomic E-state index is 0. The van der Waals surface area contributed by atoms with Gasteiger partial charge in [0.1, 0.15) is 0 Å². The van der Waals surface area contributed by atoms with E-state index in [1.807, 2.05) is 0 Å². The van der Waals surface area contributed by atoms with E-state index in [4.69, 9.17) is 5.73 Å². The minimum Gasteiger partial charge on any atom is -0.354 e. The van der Waals surface area contributed by atoms with Gasteiger partial charge in [-0.2, -0.15) is 4.31 Å². The zero-order valence-electron chi connectivity index (χ0n) is 16.0. The molecule has 1 amide bonds. The van der Waals surface area contributed by atoms with Gasteiger partial charge in [-0.1, -0.05) is 12.1 Å². The van der Waals surface area contributed by atoms with Gasteiger partial charge in [-0.25, -0.2) is 8.42 Å². The molecule has 0 spiro atoms. The maximum atomic E-state index is 12.8. The second-order valence-corrected chi connectivity index (χ2v) is 9.44. The summed E-state index contributed by atoms with van der Waals surface area (Å²) in [7, 11) is -3.61. The molecule has 3 rings (SSSR count). The van der Waals surface area contributed by atoms with Crippen molar-refractivity contribution in [3.05, 3.63) is 29.8 Å². The molecule has 28 heavy (non-hydrogen) atoms. The average Bonchev–Trinajstić information content (AvgIpc) is 3.51. The number of piperidine rings is 1. The molecule has 9 heteroatoms. The number of hydrogen-bond acceptors (Lipinski definition) is 5. The van der Waals surface area contributed by atoms with Crippen LogP contribution in [0.1, 0.15) is 43.0 Å². The van der Waals surface area contributed by atoms with Crippen molar-refractivity contribution in [2.75, 3.05) is 19.6 Å². The van der Waals surface area contributed by atoms with E-state index >= 15 is 0 Å². The molecule has 1 saturated heterocycles. The number of nitrogens with two attached hydrogens (primary N) is 1. The van der Waals surface area contributed by atoms with Crippen LogP contribution in [-0.2, 0) is 14.8 Å². The number of Topliss-reactive ketones (excluding diaryl/α,β-unsaturated/α-hetero) is 1. The fraction of sp³-hybridized carbons (Fsp3) is 0.579. The third kappa shape index (κ3) is 5.31. The Kier molecular flexibility index (Phi) is 7.61. The van der Waals surface area contributed by atoms with Gasteiger partial charge in [-0.05, 0) is 50.7 Å². The van der Waals surface area contributed by atoms with E-state index in [9.17, 15) is 18.0 Å². The van der Waals surface area contributed by atoms with E-state index in [1.165, 1.54) is 35.5 Å². The molecule has 2 fully saturated rings. The summed E-state index contributed by atoms with van der Waals surface area (Å²) in [5, 5.41) is 2.91. The Morgan fingerprint density at radius 2 is 1.71 bits per heavy atom.